The van der Waals surface area contributed by atoms with Gasteiger partial charge < -0.3 is 16.8 Å². The third-order valence-corrected chi connectivity index (χ3v) is 5.90. The topological polar surface area (TPSA) is 132 Å². The number of nitrogen functional groups attached to an aromatic ring is 2. The number of rotatable bonds is 3. The van der Waals surface area contributed by atoms with Crippen LogP contribution in [0.2, 0.25) is 0 Å². The summed E-state index contributed by atoms with van der Waals surface area (Å²) in [7, 11) is -4.66. The lowest BCUT2D eigenvalue weighted by molar-refractivity contribution is 0.600. The second-order valence-corrected chi connectivity index (χ2v) is 10.1. The summed E-state index contributed by atoms with van der Waals surface area (Å²) in [6.45, 7) is 0. The van der Waals surface area contributed by atoms with E-state index in [2.05, 4.69) is 21.2 Å². The number of benzene rings is 2. The van der Waals surface area contributed by atoms with E-state index in [0.717, 1.165) is 22.7 Å². The summed E-state index contributed by atoms with van der Waals surface area (Å²) in [5.74, 6) is 0. The van der Waals surface area contributed by atoms with E-state index in [9.17, 15) is 16.8 Å². The largest absolute Gasteiger partial charge is 0.398 e. The molecule has 25 heavy (non-hydrogen) atoms. The van der Waals surface area contributed by atoms with Gasteiger partial charge in [-0.1, -0.05) is 15.9 Å². The number of anilines is 3. The lowest BCUT2D eigenvalue weighted by Crippen LogP contribution is -2.02. The van der Waals surface area contributed by atoms with Gasteiger partial charge in [-0.25, -0.2) is 16.8 Å². The van der Waals surface area contributed by atoms with Crippen LogP contribution in [0.3, 0.4) is 0 Å². The summed E-state index contributed by atoms with van der Waals surface area (Å²) in [6.07, 6.45) is 2.27. The van der Waals surface area contributed by atoms with E-state index in [0.29, 0.717) is 0 Å². The van der Waals surface area contributed by atoms with E-state index < -0.39 is 19.7 Å². The standard InChI is InChI=1S/C8H12N2O2S.C7H8BrNO2S/c1-10-6-3-4-8(7(9)5-6)13(2,11)12;1-12(10,11)7-3-2-5(8)4-6(7)9/h3-5,10H,9H2,1-2H3;2-4H,9H2,1H3. The van der Waals surface area contributed by atoms with Crippen LogP contribution in [0.15, 0.2) is 50.7 Å². The van der Waals surface area contributed by atoms with Crippen LogP contribution >= 0.6 is 15.9 Å². The van der Waals surface area contributed by atoms with Gasteiger partial charge in [-0.15, -0.1) is 0 Å². The van der Waals surface area contributed by atoms with Gasteiger partial charge in [0.25, 0.3) is 0 Å². The fourth-order valence-electron chi connectivity index (χ4n) is 1.90. The Labute approximate surface area is 156 Å². The van der Waals surface area contributed by atoms with Crippen LogP contribution in [0, 0.1) is 0 Å². The van der Waals surface area contributed by atoms with Crippen LogP contribution in [-0.4, -0.2) is 36.4 Å². The fraction of sp³-hybridized carbons (Fsp3) is 0.200. The molecule has 0 aliphatic carbocycles. The van der Waals surface area contributed by atoms with Crippen LogP contribution in [0.1, 0.15) is 0 Å². The number of sulfone groups is 2. The Balaban J connectivity index is 0.000000251. The van der Waals surface area contributed by atoms with Crippen molar-refractivity contribution >= 4 is 52.7 Å². The molecular formula is C15H20BrN3O4S2. The van der Waals surface area contributed by atoms with Crippen molar-refractivity contribution in [1.29, 1.82) is 0 Å². The van der Waals surface area contributed by atoms with Gasteiger partial charge in [0.05, 0.1) is 21.2 Å². The monoisotopic (exact) mass is 449 g/mol. The summed E-state index contributed by atoms with van der Waals surface area (Å²) in [4.78, 5) is 0.345. The van der Waals surface area contributed by atoms with Crippen LogP contribution in [0.5, 0.6) is 0 Å². The second-order valence-electron chi connectivity index (χ2n) is 5.23. The minimum absolute atomic E-state index is 0.172. The number of hydrogen-bond acceptors (Lipinski definition) is 7. The Kier molecular flexibility index (Phi) is 6.86. The summed E-state index contributed by atoms with van der Waals surface area (Å²) >= 11 is 3.19. The van der Waals surface area contributed by atoms with Crippen molar-refractivity contribution < 1.29 is 16.8 Å². The van der Waals surface area contributed by atoms with Gasteiger partial charge in [0.1, 0.15) is 0 Å². The predicted octanol–water partition coefficient (Wildman–Crippen LogP) is 2.15. The third-order valence-electron chi connectivity index (χ3n) is 3.07. The maximum Gasteiger partial charge on any atom is 0.177 e. The Bertz CT molecular complexity index is 974. The van der Waals surface area contributed by atoms with Crippen molar-refractivity contribution in [3.8, 4) is 0 Å². The van der Waals surface area contributed by atoms with E-state index in [1.54, 1.807) is 31.3 Å². The third kappa shape index (κ3) is 6.22. The highest BCUT2D eigenvalue weighted by molar-refractivity contribution is 9.10. The molecule has 10 heteroatoms. The second kappa shape index (κ2) is 8.07. The van der Waals surface area contributed by atoms with E-state index in [1.807, 2.05) is 0 Å². The minimum Gasteiger partial charge on any atom is -0.398 e. The lowest BCUT2D eigenvalue weighted by Gasteiger charge is -2.05. The van der Waals surface area contributed by atoms with E-state index in [4.69, 9.17) is 11.5 Å². The van der Waals surface area contributed by atoms with Crippen molar-refractivity contribution in [3.05, 3.63) is 40.9 Å². The highest BCUT2D eigenvalue weighted by Gasteiger charge is 2.11. The molecule has 5 N–H and O–H groups in total. The predicted molar refractivity (Wildman–Crippen MR) is 105 cm³/mol. The van der Waals surface area contributed by atoms with Crippen molar-refractivity contribution in [2.75, 3.05) is 36.3 Å². The molecule has 0 amide bonds. The zero-order valence-electron chi connectivity index (χ0n) is 13.9. The zero-order valence-corrected chi connectivity index (χ0v) is 17.2. The Hall–Kier alpha value is -1.78. The molecule has 0 spiro atoms. The SMILES string of the molecule is CNc1ccc(S(C)(=O)=O)c(N)c1.CS(=O)(=O)c1ccc(Br)cc1N. The van der Waals surface area contributed by atoms with Gasteiger partial charge in [-0.3, -0.25) is 0 Å². The van der Waals surface area contributed by atoms with Gasteiger partial charge in [-0.2, -0.15) is 0 Å². The minimum atomic E-state index is -3.21. The molecule has 138 valence electrons. The zero-order chi connectivity index (χ0) is 19.4. The van der Waals surface area contributed by atoms with E-state index in [1.165, 1.54) is 12.1 Å². The van der Waals surface area contributed by atoms with Gasteiger partial charge >= 0.3 is 0 Å². The first-order chi connectivity index (χ1) is 11.4. The fourth-order valence-corrected chi connectivity index (χ4v) is 3.88. The van der Waals surface area contributed by atoms with Crippen LogP contribution in [0.4, 0.5) is 17.1 Å². The average Bonchev–Trinajstić information content (AvgIpc) is 2.44. The van der Waals surface area contributed by atoms with Crippen LogP contribution in [0.25, 0.3) is 0 Å². The van der Waals surface area contributed by atoms with Crippen LogP contribution < -0.4 is 16.8 Å². The number of nitrogens with two attached hydrogens (primary N) is 2. The summed E-state index contributed by atoms with van der Waals surface area (Å²) in [5, 5.41) is 2.87. The molecule has 0 saturated carbocycles. The van der Waals surface area contributed by atoms with Crippen molar-refractivity contribution in [3.63, 3.8) is 0 Å². The Morgan fingerprint density at radius 1 is 0.840 bits per heavy atom. The number of halogens is 1. The molecule has 0 heterocycles. The molecular weight excluding hydrogens is 430 g/mol. The molecule has 0 aliphatic rings. The molecule has 0 fully saturated rings. The molecule has 2 aromatic rings. The smallest absolute Gasteiger partial charge is 0.177 e. The molecule has 0 aliphatic heterocycles. The van der Waals surface area contributed by atoms with E-state index >= 15 is 0 Å². The molecule has 0 unspecified atom stereocenters. The van der Waals surface area contributed by atoms with Crippen LogP contribution in [-0.2, 0) is 19.7 Å². The molecule has 2 aromatic carbocycles. The molecule has 2 rings (SSSR count). The first-order valence-corrected chi connectivity index (χ1v) is 11.5. The number of hydrogen-bond donors (Lipinski definition) is 3. The quantitative estimate of drug-likeness (QED) is 0.611. The maximum atomic E-state index is 11.2. The highest BCUT2D eigenvalue weighted by atomic mass is 79.9. The first kappa shape index (κ1) is 21.3. The molecule has 0 radical (unpaired) electrons. The van der Waals surface area contributed by atoms with Gasteiger partial charge in [0.2, 0.25) is 0 Å². The first-order valence-electron chi connectivity index (χ1n) is 6.88. The molecule has 0 atom stereocenters. The number of nitrogens with one attached hydrogen (secondary N) is 1. The molecule has 0 saturated heterocycles. The van der Waals surface area contributed by atoms with Gasteiger partial charge in [0.15, 0.2) is 19.7 Å². The summed E-state index contributed by atoms with van der Waals surface area (Å²) in [6, 6.07) is 9.46. The molecule has 0 aromatic heterocycles. The highest BCUT2D eigenvalue weighted by Crippen LogP contribution is 2.22. The van der Waals surface area contributed by atoms with Crippen molar-refractivity contribution in [2.45, 2.75) is 9.79 Å². The van der Waals surface area contributed by atoms with Gasteiger partial charge in [-0.05, 0) is 36.4 Å². The van der Waals surface area contributed by atoms with Crippen molar-refractivity contribution in [1.82, 2.24) is 0 Å². The normalized spacial score (nSPS) is 11.4. The Morgan fingerprint density at radius 3 is 1.64 bits per heavy atom. The van der Waals surface area contributed by atoms with Gasteiger partial charge in [0, 0.05) is 29.7 Å². The average molecular weight is 450 g/mol. The summed E-state index contributed by atoms with van der Waals surface area (Å²) < 4.78 is 45.2. The lowest BCUT2D eigenvalue weighted by atomic mass is 10.3. The molecule has 0 bridgehead atoms. The van der Waals surface area contributed by atoms with Crippen molar-refractivity contribution in [2.24, 2.45) is 0 Å². The maximum absolute atomic E-state index is 11.2. The summed E-state index contributed by atoms with van der Waals surface area (Å²) in [5.41, 5.74) is 12.4. The Morgan fingerprint density at radius 2 is 1.28 bits per heavy atom. The molecule has 7 nitrogen and oxygen atoms in total. The van der Waals surface area contributed by atoms with E-state index in [-0.39, 0.29) is 21.2 Å².